The molecule has 0 bridgehead atoms. The van der Waals surface area contributed by atoms with E-state index in [1.807, 2.05) is 59.3 Å². The van der Waals surface area contributed by atoms with Crippen LogP contribution in [-0.4, -0.2) is 41.9 Å². The third-order valence-electron chi connectivity index (χ3n) is 7.32. The Balaban J connectivity index is 1.71. The lowest BCUT2D eigenvalue weighted by atomic mass is 9.95. The fourth-order valence-electron chi connectivity index (χ4n) is 5.39. The molecule has 1 aliphatic rings. The second kappa shape index (κ2) is 14.0. The molecule has 0 aliphatic heterocycles. The van der Waals surface area contributed by atoms with Crippen LogP contribution in [0.25, 0.3) is 11.3 Å². The van der Waals surface area contributed by atoms with Crippen LogP contribution in [0, 0.1) is 5.92 Å². The van der Waals surface area contributed by atoms with Crippen LogP contribution >= 0.6 is 0 Å². The molecular weight excluding hydrogens is 506 g/mol. The summed E-state index contributed by atoms with van der Waals surface area (Å²) in [6.07, 6.45) is 6.17. The van der Waals surface area contributed by atoms with Crippen LogP contribution in [0.2, 0.25) is 0 Å². The van der Waals surface area contributed by atoms with Crippen molar-refractivity contribution in [2.45, 2.75) is 77.5 Å². The van der Waals surface area contributed by atoms with Gasteiger partial charge in [0.1, 0.15) is 18.1 Å². The predicted molar refractivity (Wildman–Crippen MR) is 154 cm³/mol. The molecule has 0 saturated heterocycles. The minimum Gasteiger partial charge on any atom is -0.496 e. The van der Waals surface area contributed by atoms with E-state index in [9.17, 15) is 9.59 Å². The third kappa shape index (κ3) is 7.43. The molecule has 40 heavy (non-hydrogen) atoms. The molecule has 1 N–H and O–H groups in total. The Kier molecular flexibility index (Phi) is 10.2. The van der Waals surface area contributed by atoms with Crippen molar-refractivity contribution in [1.29, 1.82) is 0 Å². The van der Waals surface area contributed by atoms with E-state index in [1.165, 1.54) is 13.5 Å². The Hall–Kier alpha value is -3.81. The summed E-state index contributed by atoms with van der Waals surface area (Å²) in [5.41, 5.74) is 2.91. The zero-order chi connectivity index (χ0) is 28.5. The van der Waals surface area contributed by atoms with Gasteiger partial charge in [0.25, 0.3) is 5.91 Å². The van der Waals surface area contributed by atoms with Crippen molar-refractivity contribution in [3.63, 3.8) is 0 Å². The Morgan fingerprint density at radius 3 is 2.40 bits per heavy atom. The van der Waals surface area contributed by atoms with E-state index < -0.39 is 0 Å². The first-order valence-electron chi connectivity index (χ1n) is 14.2. The van der Waals surface area contributed by atoms with Gasteiger partial charge in [0.15, 0.2) is 5.69 Å². The lowest BCUT2D eigenvalue weighted by molar-refractivity contribution is -0.141. The van der Waals surface area contributed by atoms with Crippen LogP contribution in [0.1, 0.15) is 80.9 Å². The van der Waals surface area contributed by atoms with Gasteiger partial charge in [-0.1, -0.05) is 69.5 Å². The van der Waals surface area contributed by atoms with Gasteiger partial charge in [0, 0.05) is 6.04 Å². The van der Waals surface area contributed by atoms with Gasteiger partial charge in [0.2, 0.25) is 0 Å². The van der Waals surface area contributed by atoms with Gasteiger partial charge in [0.05, 0.1) is 37.9 Å². The normalized spacial score (nSPS) is 14.5. The molecule has 0 unspecified atom stereocenters. The first kappa shape index (κ1) is 29.2. The zero-order valence-corrected chi connectivity index (χ0v) is 24.0. The van der Waals surface area contributed by atoms with Crippen molar-refractivity contribution >= 4 is 11.9 Å². The van der Waals surface area contributed by atoms with E-state index in [-0.39, 0.29) is 30.4 Å². The SMILES string of the molecule is COC(=O)C[C@H](CC(C)C)NC(=O)c1cc(-c2c(OC)cccc2OCc2ccccc2)n(C2CCCCC2)n1. The largest absolute Gasteiger partial charge is 0.496 e. The topological polar surface area (TPSA) is 91.7 Å². The van der Waals surface area contributed by atoms with Crippen molar-refractivity contribution in [3.05, 3.63) is 65.9 Å². The summed E-state index contributed by atoms with van der Waals surface area (Å²) in [5.74, 6) is 0.942. The highest BCUT2D eigenvalue weighted by Gasteiger charge is 2.28. The molecule has 1 fully saturated rings. The van der Waals surface area contributed by atoms with Gasteiger partial charge in [-0.25, -0.2) is 0 Å². The number of benzene rings is 2. The number of amides is 1. The van der Waals surface area contributed by atoms with Gasteiger partial charge < -0.3 is 19.5 Å². The quantitative estimate of drug-likeness (QED) is 0.266. The first-order chi connectivity index (χ1) is 19.4. The average Bonchev–Trinajstić information content (AvgIpc) is 3.41. The molecule has 1 atom stereocenters. The maximum Gasteiger partial charge on any atom is 0.307 e. The van der Waals surface area contributed by atoms with Crippen LogP contribution < -0.4 is 14.8 Å². The number of hydrogen-bond acceptors (Lipinski definition) is 6. The van der Waals surface area contributed by atoms with Gasteiger partial charge in [-0.15, -0.1) is 0 Å². The maximum atomic E-state index is 13.5. The van der Waals surface area contributed by atoms with Crippen molar-refractivity contribution in [3.8, 4) is 22.8 Å². The maximum absolute atomic E-state index is 13.5. The molecule has 1 aliphatic carbocycles. The van der Waals surface area contributed by atoms with Crippen molar-refractivity contribution < 1.29 is 23.8 Å². The fraction of sp³-hybridized carbons (Fsp3) is 0.469. The van der Waals surface area contributed by atoms with E-state index >= 15 is 0 Å². The molecule has 1 saturated carbocycles. The lowest BCUT2D eigenvalue weighted by Crippen LogP contribution is -2.38. The minimum atomic E-state index is -0.353. The first-order valence-corrected chi connectivity index (χ1v) is 14.2. The predicted octanol–water partition coefficient (Wildman–Crippen LogP) is 6.35. The second-order valence-electron chi connectivity index (χ2n) is 10.8. The molecule has 1 amide bonds. The average molecular weight is 548 g/mol. The number of aromatic nitrogens is 2. The number of nitrogens with one attached hydrogen (secondary N) is 1. The van der Waals surface area contributed by atoms with Gasteiger partial charge in [-0.3, -0.25) is 14.3 Å². The van der Waals surface area contributed by atoms with E-state index in [2.05, 4.69) is 19.2 Å². The van der Waals surface area contributed by atoms with Crippen LogP contribution in [0.3, 0.4) is 0 Å². The Labute approximate surface area is 237 Å². The summed E-state index contributed by atoms with van der Waals surface area (Å²) >= 11 is 0. The number of carbonyl (C=O) groups excluding carboxylic acids is 2. The molecule has 3 aromatic rings. The van der Waals surface area contributed by atoms with Gasteiger partial charge in [-0.05, 0) is 48.9 Å². The Bertz CT molecular complexity index is 1260. The molecule has 0 spiro atoms. The summed E-state index contributed by atoms with van der Waals surface area (Å²) in [6, 6.07) is 17.4. The standard InChI is InChI=1S/C32H41N3O5/c1-22(2)18-24(19-30(36)39-4)33-32(37)26-20-27(35(34-26)25-14-9-6-10-15-25)31-28(38-3)16-11-17-29(31)40-21-23-12-7-5-8-13-23/h5,7-8,11-13,16-17,20,22,24-25H,6,9-10,14-15,18-19,21H2,1-4H3,(H,33,37)/t24-/m0/s1. The number of methoxy groups -OCH3 is 2. The highest BCUT2D eigenvalue weighted by atomic mass is 16.5. The van der Waals surface area contributed by atoms with Crippen molar-refractivity contribution in [2.75, 3.05) is 14.2 Å². The Morgan fingerprint density at radius 1 is 1.00 bits per heavy atom. The second-order valence-corrected chi connectivity index (χ2v) is 10.8. The third-order valence-corrected chi connectivity index (χ3v) is 7.32. The molecule has 4 rings (SSSR count). The molecule has 0 radical (unpaired) electrons. The monoisotopic (exact) mass is 547 g/mol. The highest BCUT2D eigenvalue weighted by Crippen LogP contribution is 2.42. The van der Waals surface area contributed by atoms with Crippen LogP contribution in [-0.2, 0) is 16.1 Å². The highest BCUT2D eigenvalue weighted by molar-refractivity contribution is 5.94. The smallest absolute Gasteiger partial charge is 0.307 e. The molecule has 1 aromatic heterocycles. The molecule has 2 aromatic carbocycles. The summed E-state index contributed by atoms with van der Waals surface area (Å²) in [4.78, 5) is 25.6. The van der Waals surface area contributed by atoms with Crippen LogP contribution in [0.15, 0.2) is 54.6 Å². The van der Waals surface area contributed by atoms with Gasteiger partial charge in [-0.2, -0.15) is 5.10 Å². The zero-order valence-electron chi connectivity index (χ0n) is 24.0. The van der Waals surface area contributed by atoms with E-state index in [0.717, 1.165) is 42.5 Å². The molecule has 8 nitrogen and oxygen atoms in total. The number of nitrogens with zero attached hydrogens (tertiary/aromatic N) is 2. The summed E-state index contributed by atoms with van der Waals surface area (Å²) in [7, 11) is 3.00. The fourth-order valence-corrected chi connectivity index (χ4v) is 5.39. The van der Waals surface area contributed by atoms with E-state index in [4.69, 9.17) is 19.3 Å². The number of rotatable bonds is 12. The number of ether oxygens (including phenoxy) is 3. The number of carbonyl (C=O) groups is 2. The molecular formula is C32H41N3O5. The van der Waals surface area contributed by atoms with Crippen molar-refractivity contribution in [2.24, 2.45) is 5.92 Å². The Morgan fingerprint density at radius 2 is 1.73 bits per heavy atom. The van der Waals surface area contributed by atoms with Crippen LogP contribution in [0.5, 0.6) is 11.5 Å². The van der Waals surface area contributed by atoms with Gasteiger partial charge >= 0.3 is 5.97 Å². The lowest BCUT2D eigenvalue weighted by Gasteiger charge is -2.25. The molecule has 1 heterocycles. The summed E-state index contributed by atoms with van der Waals surface area (Å²) in [5, 5.41) is 7.89. The molecule has 8 heteroatoms. The van der Waals surface area contributed by atoms with Crippen molar-refractivity contribution in [1.82, 2.24) is 15.1 Å². The van der Waals surface area contributed by atoms with Crippen LogP contribution in [0.4, 0.5) is 0 Å². The van der Waals surface area contributed by atoms with E-state index in [1.54, 1.807) is 7.11 Å². The molecule has 214 valence electrons. The van der Waals surface area contributed by atoms with E-state index in [0.29, 0.717) is 36.1 Å². The number of hydrogen-bond donors (Lipinski definition) is 1. The summed E-state index contributed by atoms with van der Waals surface area (Å²) in [6.45, 7) is 4.52. The summed E-state index contributed by atoms with van der Waals surface area (Å²) < 4.78 is 19.0. The minimum absolute atomic E-state index is 0.112. The number of esters is 1.